The molecule has 1 fully saturated rings. The monoisotopic (exact) mass is 235 g/mol. The number of nitrogens with zero attached hydrogens (tertiary/aromatic N) is 2. The predicted octanol–water partition coefficient (Wildman–Crippen LogP) is -1.09. The Kier molecular flexibility index (Phi) is 2.25. The van der Waals surface area contributed by atoms with E-state index < -0.39 is 12.2 Å². The Bertz CT molecular complexity index is 555. The highest BCUT2D eigenvalue weighted by Gasteiger charge is 2.35. The van der Waals surface area contributed by atoms with E-state index >= 15 is 0 Å². The van der Waals surface area contributed by atoms with Crippen molar-refractivity contribution >= 4 is 16.9 Å². The minimum atomic E-state index is -0.842. The summed E-state index contributed by atoms with van der Waals surface area (Å²) in [6.07, 6.45) is 1.51. The van der Waals surface area contributed by atoms with Crippen molar-refractivity contribution in [2.45, 2.75) is 18.2 Å². The molecule has 0 spiro atoms. The summed E-state index contributed by atoms with van der Waals surface area (Å²) < 4.78 is 0. The first-order valence-electron chi connectivity index (χ1n) is 5.35. The van der Waals surface area contributed by atoms with Crippen LogP contribution in [0.3, 0.4) is 0 Å². The molecule has 0 amide bonds. The van der Waals surface area contributed by atoms with Crippen LogP contribution in [0.25, 0.3) is 11.0 Å². The van der Waals surface area contributed by atoms with Gasteiger partial charge in [0.1, 0.15) is 17.9 Å². The molecule has 2 aromatic rings. The first-order chi connectivity index (χ1) is 8.18. The van der Waals surface area contributed by atoms with Gasteiger partial charge in [-0.1, -0.05) is 0 Å². The summed E-state index contributed by atoms with van der Waals surface area (Å²) in [5, 5.41) is 22.4. The van der Waals surface area contributed by atoms with Gasteiger partial charge in [0.2, 0.25) is 0 Å². The van der Waals surface area contributed by atoms with Gasteiger partial charge in [-0.2, -0.15) is 0 Å². The second-order valence-corrected chi connectivity index (χ2v) is 4.17. The maximum Gasteiger partial charge on any atom is 0.151 e. The number of aromatic nitrogens is 3. The fourth-order valence-electron chi connectivity index (χ4n) is 2.22. The second kappa shape index (κ2) is 3.66. The fourth-order valence-corrected chi connectivity index (χ4v) is 2.22. The van der Waals surface area contributed by atoms with Crippen molar-refractivity contribution in [3.05, 3.63) is 18.1 Å². The third-order valence-electron chi connectivity index (χ3n) is 3.14. The molecule has 0 saturated carbocycles. The molecule has 0 unspecified atom stereocenters. The van der Waals surface area contributed by atoms with E-state index in [-0.39, 0.29) is 6.04 Å². The molecule has 3 heterocycles. The van der Waals surface area contributed by atoms with Crippen molar-refractivity contribution in [3.63, 3.8) is 0 Å². The lowest BCUT2D eigenvalue weighted by Gasteiger charge is -2.14. The summed E-state index contributed by atoms with van der Waals surface area (Å²) in [6.45, 7) is 0.360. The number of β-amino-alcohol motifs (C(OH)–C–C–N with tert-alkyl or cyclic N) is 1. The van der Waals surface area contributed by atoms with Crippen molar-refractivity contribution in [1.29, 1.82) is 0 Å². The molecule has 0 aromatic carbocycles. The van der Waals surface area contributed by atoms with Gasteiger partial charge in [0.15, 0.2) is 5.82 Å². The molecule has 1 saturated heterocycles. The minimum absolute atomic E-state index is 0.340. The summed E-state index contributed by atoms with van der Waals surface area (Å²) >= 11 is 0. The van der Waals surface area contributed by atoms with E-state index in [1.807, 2.05) is 0 Å². The highest BCUT2D eigenvalue weighted by atomic mass is 16.3. The van der Waals surface area contributed by atoms with Crippen LogP contribution in [0, 0.1) is 0 Å². The zero-order valence-corrected chi connectivity index (χ0v) is 8.96. The van der Waals surface area contributed by atoms with Crippen LogP contribution in [0.15, 0.2) is 12.5 Å². The van der Waals surface area contributed by atoms with Crippen LogP contribution in [0.5, 0.6) is 0 Å². The lowest BCUT2D eigenvalue weighted by molar-refractivity contribution is 0.0407. The summed E-state index contributed by atoms with van der Waals surface area (Å²) in [4.78, 5) is 11.0. The quantitative estimate of drug-likeness (QED) is 0.428. The van der Waals surface area contributed by atoms with E-state index in [1.54, 1.807) is 6.20 Å². The number of nitrogen functional groups attached to an aromatic ring is 1. The van der Waals surface area contributed by atoms with Gasteiger partial charge in [-0.3, -0.25) is 0 Å². The third kappa shape index (κ3) is 1.47. The molecule has 3 rings (SSSR count). The van der Waals surface area contributed by atoms with Gasteiger partial charge >= 0.3 is 0 Å². The van der Waals surface area contributed by atoms with Gasteiger partial charge in [-0.15, -0.1) is 0 Å². The average molecular weight is 235 g/mol. The number of hydrogen-bond donors (Lipinski definition) is 5. The molecule has 0 radical (unpaired) electrons. The fraction of sp³-hybridized carbons (Fsp3) is 0.400. The second-order valence-electron chi connectivity index (χ2n) is 4.17. The summed E-state index contributed by atoms with van der Waals surface area (Å²) in [5.74, 6) is 0.370. The minimum Gasteiger partial charge on any atom is -0.389 e. The standard InChI is InChI=1S/C10H13N5O2/c11-10-8-6(14-3-15-10)4(1-12-8)7-9(17)5(16)2-13-7/h1,3,5,7,9,12-13,16-17H,2H2,(H2,11,14,15)/t5-,7+,9-/m1/s1. The highest BCUT2D eigenvalue weighted by Crippen LogP contribution is 2.30. The van der Waals surface area contributed by atoms with Crippen molar-refractivity contribution < 1.29 is 10.2 Å². The lowest BCUT2D eigenvalue weighted by Crippen LogP contribution is -2.25. The number of fused-ring (bicyclic) bond motifs is 1. The van der Waals surface area contributed by atoms with Crippen LogP contribution in [0.2, 0.25) is 0 Å². The Balaban J connectivity index is 2.10. The molecular formula is C10H13N5O2. The van der Waals surface area contributed by atoms with E-state index in [1.165, 1.54) is 6.33 Å². The molecule has 7 heteroatoms. The van der Waals surface area contributed by atoms with Crippen LogP contribution < -0.4 is 11.1 Å². The largest absolute Gasteiger partial charge is 0.389 e. The Morgan fingerprint density at radius 1 is 1.35 bits per heavy atom. The molecule has 7 nitrogen and oxygen atoms in total. The zero-order valence-electron chi connectivity index (χ0n) is 8.96. The first-order valence-corrected chi connectivity index (χ1v) is 5.35. The van der Waals surface area contributed by atoms with Crippen LogP contribution >= 0.6 is 0 Å². The number of aliphatic hydroxyl groups is 2. The number of aliphatic hydroxyl groups excluding tert-OH is 2. The van der Waals surface area contributed by atoms with Gasteiger partial charge in [-0.05, 0) is 0 Å². The van der Waals surface area contributed by atoms with Gasteiger partial charge in [0, 0.05) is 18.3 Å². The Morgan fingerprint density at radius 3 is 2.88 bits per heavy atom. The molecule has 17 heavy (non-hydrogen) atoms. The van der Waals surface area contributed by atoms with Gasteiger partial charge in [0.25, 0.3) is 0 Å². The molecule has 0 aliphatic carbocycles. The van der Waals surface area contributed by atoms with E-state index in [0.29, 0.717) is 23.4 Å². The number of rotatable bonds is 1. The van der Waals surface area contributed by atoms with Crippen LogP contribution in [0.1, 0.15) is 11.6 Å². The number of H-pyrrole nitrogens is 1. The molecule has 0 bridgehead atoms. The Morgan fingerprint density at radius 2 is 2.18 bits per heavy atom. The third-order valence-corrected chi connectivity index (χ3v) is 3.14. The molecule has 6 N–H and O–H groups in total. The molecule has 90 valence electrons. The Labute approximate surface area is 96.7 Å². The van der Waals surface area contributed by atoms with Crippen LogP contribution in [-0.4, -0.2) is 43.9 Å². The van der Waals surface area contributed by atoms with Gasteiger partial charge in [-0.25, -0.2) is 9.97 Å². The number of aromatic amines is 1. The highest BCUT2D eigenvalue weighted by molar-refractivity contribution is 5.87. The first kappa shape index (κ1) is 10.5. The molecule has 2 aromatic heterocycles. The number of nitrogens with two attached hydrogens (primary N) is 1. The average Bonchev–Trinajstić information content (AvgIpc) is 2.86. The maximum absolute atomic E-state index is 9.86. The molecule has 1 aliphatic rings. The van der Waals surface area contributed by atoms with Crippen molar-refractivity contribution in [2.24, 2.45) is 0 Å². The molecular weight excluding hydrogens is 222 g/mol. The topological polar surface area (TPSA) is 120 Å². The maximum atomic E-state index is 9.86. The van der Waals surface area contributed by atoms with E-state index in [0.717, 1.165) is 5.56 Å². The summed E-state index contributed by atoms with van der Waals surface area (Å²) in [5.41, 5.74) is 7.83. The predicted molar refractivity (Wildman–Crippen MR) is 61.1 cm³/mol. The van der Waals surface area contributed by atoms with Crippen molar-refractivity contribution in [2.75, 3.05) is 12.3 Å². The number of nitrogens with one attached hydrogen (secondary N) is 2. The summed E-state index contributed by atoms with van der Waals surface area (Å²) in [7, 11) is 0. The normalized spacial score (nSPS) is 28.9. The SMILES string of the molecule is Nc1ncnc2c([C@@H]3NC[C@@H](O)[C@H]3O)c[nH]c12. The van der Waals surface area contributed by atoms with Crippen LogP contribution in [0.4, 0.5) is 5.82 Å². The smallest absolute Gasteiger partial charge is 0.151 e. The van der Waals surface area contributed by atoms with Crippen molar-refractivity contribution in [1.82, 2.24) is 20.3 Å². The number of hydrogen-bond acceptors (Lipinski definition) is 6. The zero-order chi connectivity index (χ0) is 12.0. The van der Waals surface area contributed by atoms with Crippen LogP contribution in [-0.2, 0) is 0 Å². The van der Waals surface area contributed by atoms with E-state index in [4.69, 9.17) is 5.73 Å². The van der Waals surface area contributed by atoms with Gasteiger partial charge in [0.05, 0.1) is 17.7 Å². The van der Waals surface area contributed by atoms with Gasteiger partial charge < -0.3 is 26.2 Å². The summed E-state index contributed by atoms with van der Waals surface area (Å²) in [6, 6.07) is -0.340. The van der Waals surface area contributed by atoms with E-state index in [9.17, 15) is 10.2 Å². The lowest BCUT2D eigenvalue weighted by atomic mass is 10.0. The molecule has 1 aliphatic heterocycles. The number of anilines is 1. The molecule has 3 atom stereocenters. The van der Waals surface area contributed by atoms with Crippen molar-refractivity contribution in [3.8, 4) is 0 Å². The van der Waals surface area contributed by atoms with E-state index in [2.05, 4.69) is 20.3 Å². The Hall–Kier alpha value is -1.70.